The molecule has 1 heterocycles. The summed E-state index contributed by atoms with van der Waals surface area (Å²) in [7, 11) is 0. The Bertz CT molecular complexity index is 672. The highest BCUT2D eigenvalue weighted by Crippen LogP contribution is 2.37. The molecule has 21 heavy (non-hydrogen) atoms. The number of hydrogen-bond donors (Lipinski definition) is 1. The summed E-state index contributed by atoms with van der Waals surface area (Å²) in [5.74, 6) is -1.17. The van der Waals surface area contributed by atoms with Crippen molar-refractivity contribution in [2.75, 3.05) is 0 Å². The molecule has 0 saturated heterocycles. The zero-order chi connectivity index (χ0) is 15.8. The van der Waals surface area contributed by atoms with Gasteiger partial charge in [-0.2, -0.15) is 13.2 Å². The van der Waals surface area contributed by atoms with Crippen molar-refractivity contribution in [3.05, 3.63) is 47.8 Å². The molecule has 0 amide bonds. The second-order valence-corrected chi connectivity index (χ2v) is 4.96. The number of aromatic carboxylic acids is 1. The van der Waals surface area contributed by atoms with Gasteiger partial charge < -0.3 is 9.67 Å². The highest BCUT2D eigenvalue weighted by molar-refractivity contribution is 5.88. The molecule has 2 aromatic rings. The van der Waals surface area contributed by atoms with E-state index in [1.807, 2.05) is 0 Å². The van der Waals surface area contributed by atoms with E-state index in [4.69, 9.17) is 5.11 Å². The maximum absolute atomic E-state index is 13.0. The zero-order valence-corrected chi connectivity index (χ0v) is 11.5. The maximum atomic E-state index is 13.0. The Morgan fingerprint density at radius 3 is 2.33 bits per heavy atom. The van der Waals surface area contributed by atoms with Crippen LogP contribution in [0, 0.1) is 0 Å². The predicted molar refractivity (Wildman–Crippen MR) is 72.2 cm³/mol. The Morgan fingerprint density at radius 1 is 1.24 bits per heavy atom. The van der Waals surface area contributed by atoms with E-state index in [1.54, 1.807) is 13.8 Å². The molecule has 0 radical (unpaired) electrons. The monoisotopic (exact) mass is 297 g/mol. The summed E-state index contributed by atoms with van der Waals surface area (Å²) in [5, 5.41) is 9.16. The van der Waals surface area contributed by atoms with Gasteiger partial charge in [-0.15, -0.1) is 0 Å². The lowest BCUT2D eigenvalue weighted by atomic mass is 10.0. The van der Waals surface area contributed by atoms with E-state index in [9.17, 15) is 18.0 Å². The van der Waals surface area contributed by atoms with Gasteiger partial charge in [0.25, 0.3) is 0 Å². The van der Waals surface area contributed by atoms with Crippen molar-refractivity contribution in [2.45, 2.75) is 26.1 Å². The number of carboxylic acid groups (broad SMARTS) is 1. The van der Waals surface area contributed by atoms with Crippen LogP contribution in [-0.2, 0) is 6.18 Å². The SMILES string of the molecule is CC(C)n1cc(-c2ccccc2C(F)(F)F)cc1C(=O)O. The van der Waals surface area contributed by atoms with Crippen LogP contribution in [0.2, 0.25) is 0 Å². The Morgan fingerprint density at radius 2 is 1.86 bits per heavy atom. The molecule has 1 N–H and O–H groups in total. The molecule has 1 aromatic heterocycles. The summed E-state index contributed by atoms with van der Waals surface area (Å²) < 4.78 is 40.6. The van der Waals surface area contributed by atoms with E-state index in [2.05, 4.69) is 0 Å². The van der Waals surface area contributed by atoms with E-state index in [-0.39, 0.29) is 22.9 Å². The molecule has 0 fully saturated rings. The van der Waals surface area contributed by atoms with Gasteiger partial charge in [0.05, 0.1) is 5.56 Å². The number of carbonyl (C=O) groups is 1. The zero-order valence-electron chi connectivity index (χ0n) is 11.5. The lowest BCUT2D eigenvalue weighted by Gasteiger charge is -2.12. The van der Waals surface area contributed by atoms with Gasteiger partial charge >= 0.3 is 12.1 Å². The first kappa shape index (κ1) is 15.2. The lowest BCUT2D eigenvalue weighted by molar-refractivity contribution is -0.137. The number of rotatable bonds is 3. The largest absolute Gasteiger partial charge is 0.477 e. The molecule has 0 saturated carbocycles. The van der Waals surface area contributed by atoms with Gasteiger partial charge in [0.2, 0.25) is 0 Å². The number of benzene rings is 1. The van der Waals surface area contributed by atoms with E-state index < -0.39 is 17.7 Å². The summed E-state index contributed by atoms with van der Waals surface area (Å²) in [6, 6.07) is 6.24. The average molecular weight is 297 g/mol. The fourth-order valence-electron chi connectivity index (χ4n) is 2.21. The smallest absolute Gasteiger partial charge is 0.417 e. The first-order valence-corrected chi connectivity index (χ1v) is 6.33. The molecule has 112 valence electrons. The van der Waals surface area contributed by atoms with Crippen molar-refractivity contribution < 1.29 is 23.1 Å². The second kappa shape index (κ2) is 5.27. The molecule has 2 rings (SSSR count). The summed E-state index contributed by atoms with van der Waals surface area (Å²) >= 11 is 0. The molecular weight excluding hydrogens is 283 g/mol. The molecule has 0 aliphatic carbocycles. The number of halogens is 3. The van der Waals surface area contributed by atoms with Crippen LogP contribution in [0.15, 0.2) is 36.5 Å². The third-order valence-electron chi connectivity index (χ3n) is 3.17. The average Bonchev–Trinajstić information content (AvgIpc) is 2.83. The van der Waals surface area contributed by atoms with Gasteiger partial charge in [-0.3, -0.25) is 0 Å². The molecule has 0 spiro atoms. The van der Waals surface area contributed by atoms with Gasteiger partial charge in [-0.1, -0.05) is 18.2 Å². The Balaban J connectivity index is 2.64. The van der Waals surface area contributed by atoms with Gasteiger partial charge in [-0.25, -0.2) is 4.79 Å². The third-order valence-corrected chi connectivity index (χ3v) is 3.17. The fraction of sp³-hybridized carbons (Fsp3) is 0.267. The third kappa shape index (κ3) is 2.94. The molecular formula is C15H14F3NO2. The van der Waals surface area contributed by atoms with Crippen molar-refractivity contribution >= 4 is 5.97 Å². The molecule has 3 nitrogen and oxygen atoms in total. The summed E-state index contributed by atoms with van der Waals surface area (Å²) in [5.41, 5.74) is -0.583. The van der Waals surface area contributed by atoms with Crippen molar-refractivity contribution in [1.29, 1.82) is 0 Å². The second-order valence-electron chi connectivity index (χ2n) is 4.96. The van der Waals surface area contributed by atoms with Crippen molar-refractivity contribution in [3.63, 3.8) is 0 Å². The highest BCUT2D eigenvalue weighted by Gasteiger charge is 2.33. The highest BCUT2D eigenvalue weighted by atomic mass is 19.4. The van der Waals surface area contributed by atoms with E-state index >= 15 is 0 Å². The summed E-state index contributed by atoms with van der Waals surface area (Å²) in [6.45, 7) is 3.54. The summed E-state index contributed by atoms with van der Waals surface area (Å²) in [4.78, 5) is 11.2. The molecule has 0 atom stereocenters. The first-order valence-electron chi connectivity index (χ1n) is 6.33. The van der Waals surface area contributed by atoms with E-state index in [0.717, 1.165) is 6.07 Å². The molecule has 0 aliphatic rings. The van der Waals surface area contributed by atoms with Crippen molar-refractivity contribution in [3.8, 4) is 11.1 Å². The minimum absolute atomic E-state index is 0.0214. The number of nitrogens with zero attached hydrogens (tertiary/aromatic N) is 1. The first-order chi connectivity index (χ1) is 9.71. The minimum Gasteiger partial charge on any atom is -0.477 e. The standard InChI is InChI=1S/C15H14F3NO2/c1-9(2)19-8-10(7-13(19)14(20)21)11-5-3-4-6-12(11)15(16,17)18/h3-9H,1-2H3,(H,20,21). The van der Waals surface area contributed by atoms with Gasteiger partial charge in [0.1, 0.15) is 5.69 Å². The minimum atomic E-state index is -4.49. The molecule has 6 heteroatoms. The quantitative estimate of drug-likeness (QED) is 0.909. The van der Waals surface area contributed by atoms with Crippen LogP contribution >= 0.6 is 0 Å². The van der Waals surface area contributed by atoms with Crippen molar-refractivity contribution in [1.82, 2.24) is 4.57 Å². The molecule has 0 unspecified atom stereocenters. The summed E-state index contributed by atoms with van der Waals surface area (Å²) in [6.07, 6.45) is -3.04. The Labute approximate surface area is 119 Å². The Hall–Kier alpha value is -2.24. The lowest BCUT2D eigenvalue weighted by Crippen LogP contribution is -2.09. The number of aromatic nitrogens is 1. The van der Waals surface area contributed by atoms with Crippen LogP contribution in [0.5, 0.6) is 0 Å². The predicted octanol–water partition coefficient (Wildman–Crippen LogP) is 4.45. The van der Waals surface area contributed by atoms with Crippen molar-refractivity contribution in [2.24, 2.45) is 0 Å². The molecule has 1 aromatic carbocycles. The number of carboxylic acids is 1. The normalized spacial score (nSPS) is 11.9. The van der Waals surface area contributed by atoms with Gasteiger partial charge in [-0.05, 0) is 31.5 Å². The van der Waals surface area contributed by atoms with Gasteiger partial charge in [0.15, 0.2) is 0 Å². The maximum Gasteiger partial charge on any atom is 0.417 e. The fourth-order valence-corrected chi connectivity index (χ4v) is 2.21. The van der Waals surface area contributed by atoms with Crippen LogP contribution in [0.25, 0.3) is 11.1 Å². The van der Waals surface area contributed by atoms with Crippen LogP contribution in [0.4, 0.5) is 13.2 Å². The topological polar surface area (TPSA) is 42.2 Å². The van der Waals surface area contributed by atoms with Crippen LogP contribution < -0.4 is 0 Å². The molecule has 0 aliphatic heterocycles. The van der Waals surface area contributed by atoms with E-state index in [0.29, 0.717) is 0 Å². The molecule has 0 bridgehead atoms. The van der Waals surface area contributed by atoms with Crippen LogP contribution in [0.3, 0.4) is 0 Å². The van der Waals surface area contributed by atoms with E-state index in [1.165, 1.54) is 35.0 Å². The number of alkyl halides is 3. The van der Waals surface area contributed by atoms with Crippen LogP contribution in [-0.4, -0.2) is 15.6 Å². The number of hydrogen-bond acceptors (Lipinski definition) is 1. The Kier molecular flexibility index (Phi) is 3.80. The van der Waals surface area contributed by atoms with Crippen LogP contribution in [0.1, 0.15) is 35.9 Å². The van der Waals surface area contributed by atoms with Gasteiger partial charge in [0, 0.05) is 17.8 Å².